The molecule has 0 amide bonds. The summed E-state index contributed by atoms with van der Waals surface area (Å²) < 4.78 is 2.26. The molecule has 8 rings (SSSR count). The molecular weight excluding hydrogens is 548 g/mol. The average molecular weight is 585 g/mol. The molecule has 0 aliphatic heterocycles. The van der Waals surface area contributed by atoms with Crippen LogP contribution in [0.4, 0.5) is 0 Å². The van der Waals surface area contributed by atoms with Crippen LogP contribution in [0.2, 0.25) is 0 Å². The van der Waals surface area contributed by atoms with Gasteiger partial charge in [-0.25, -0.2) is 4.98 Å². The van der Waals surface area contributed by atoms with Gasteiger partial charge in [0.05, 0.1) is 22.4 Å². The van der Waals surface area contributed by atoms with Crippen LogP contribution in [-0.4, -0.2) is 19.5 Å². The molecule has 1 atom stereocenters. The van der Waals surface area contributed by atoms with Crippen LogP contribution in [0.1, 0.15) is 37.9 Å². The second-order valence-corrected chi connectivity index (χ2v) is 13.3. The average Bonchev–Trinajstić information content (AvgIpc) is 3.62. The molecule has 4 aromatic carbocycles. The lowest BCUT2D eigenvalue weighted by Crippen LogP contribution is -2.24. The number of para-hydroxylation sites is 2. The SMILES string of the molecule is Cn1c(C2=CC(C(C)(C)C)Cc3c2[nH]c2ccccc32)nc2c(-c3cccc(-c4cc(-c5ccccc5)ccn4)c3)cccc21. The fourth-order valence-corrected chi connectivity index (χ4v) is 6.88. The van der Waals surface area contributed by atoms with E-state index < -0.39 is 0 Å². The number of allylic oxidation sites excluding steroid dienone is 1. The van der Waals surface area contributed by atoms with Crippen LogP contribution < -0.4 is 0 Å². The van der Waals surface area contributed by atoms with Gasteiger partial charge in [-0.05, 0) is 70.3 Å². The normalized spacial score (nSPS) is 14.9. The summed E-state index contributed by atoms with van der Waals surface area (Å²) >= 11 is 0. The van der Waals surface area contributed by atoms with Gasteiger partial charge in [0.15, 0.2) is 0 Å². The summed E-state index contributed by atoms with van der Waals surface area (Å²) in [6, 6.07) is 38.6. The molecule has 4 heteroatoms. The van der Waals surface area contributed by atoms with E-state index in [1.54, 1.807) is 0 Å². The molecule has 0 bridgehead atoms. The number of benzene rings is 4. The summed E-state index contributed by atoms with van der Waals surface area (Å²) in [5.74, 6) is 1.39. The van der Waals surface area contributed by atoms with Crippen molar-refractivity contribution < 1.29 is 0 Å². The van der Waals surface area contributed by atoms with Crippen LogP contribution >= 0.6 is 0 Å². The van der Waals surface area contributed by atoms with Crippen molar-refractivity contribution in [1.82, 2.24) is 19.5 Å². The molecule has 220 valence electrons. The minimum absolute atomic E-state index is 0.128. The molecule has 0 fully saturated rings. The van der Waals surface area contributed by atoms with Gasteiger partial charge in [-0.15, -0.1) is 0 Å². The van der Waals surface area contributed by atoms with Gasteiger partial charge in [-0.1, -0.05) is 106 Å². The van der Waals surface area contributed by atoms with E-state index >= 15 is 0 Å². The second-order valence-electron chi connectivity index (χ2n) is 13.3. The number of pyridine rings is 1. The lowest BCUT2D eigenvalue weighted by atomic mass is 9.73. The molecule has 1 N–H and O–H groups in total. The number of hydrogen-bond acceptors (Lipinski definition) is 2. The van der Waals surface area contributed by atoms with Gasteiger partial charge in [0.25, 0.3) is 0 Å². The number of nitrogens with zero attached hydrogens (tertiary/aromatic N) is 3. The lowest BCUT2D eigenvalue weighted by Gasteiger charge is -2.32. The minimum Gasteiger partial charge on any atom is -0.354 e. The van der Waals surface area contributed by atoms with Crippen molar-refractivity contribution in [1.29, 1.82) is 0 Å². The highest BCUT2D eigenvalue weighted by Crippen LogP contribution is 2.44. The van der Waals surface area contributed by atoms with Crippen LogP contribution in [0.25, 0.3) is 61.0 Å². The van der Waals surface area contributed by atoms with Crippen LogP contribution in [-0.2, 0) is 13.5 Å². The van der Waals surface area contributed by atoms with E-state index in [9.17, 15) is 0 Å². The zero-order valence-electron chi connectivity index (χ0n) is 26.2. The number of rotatable bonds is 4. The predicted molar refractivity (Wildman–Crippen MR) is 187 cm³/mol. The Morgan fingerprint density at radius 3 is 2.36 bits per heavy atom. The number of aromatic amines is 1. The van der Waals surface area contributed by atoms with Crippen molar-refractivity contribution in [3.63, 3.8) is 0 Å². The molecule has 0 spiro atoms. The summed E-state index contributed by atoms with van der Waals surface area (Å²) in [6.45, 7) is 7.03. The summed E-state index contributed by atoms with van der Waals surface area (Å²) in [7, 11) is 2.15. The Labute approximate surface area is 264 Å². The van der Waals surface area contributed by atoms with E-state index in [1.165, 1.54) is 33.3 Å². The molecule has 1 aliphatic rings. The molecular formula is C41H36N4. The molecule has 4 nitrogen and oxygen atoms in total. The third kappa shape index (κ3) is 4.69. The highest BCUT2D eigenvalue weighted by Gasteiger charge is 2.32. The third-order valence-corrected chi connectivity index (χ3v) is 9.48. The number of aryl methyl sites for hydroxylation is 1. The smallest absolute Gasteiger partial charge is 0.142 e. The Hall–Kier alpha value is -5.22. The predicted octanol–water partition coefficient (Wildman–Crippen LogP) is 10.1. The summed E-state index contributed by atoms with van der Waals surface area (Å²) in [5.41, 5.74) is 13.9. The standard InChI is InChI=1S/C41H36N4/c1-41(2,3)30-24-33-32-16-8-9-18-35(32)43-38(33)34(25-30)40-44-39-31(17-11-19-37(39)45(40)4)28-14-10-15-29(22-28)36-23-27(20-21-42-36)26-12-6-5-7-13-26/h5-23,25,30,43H,24H2,1-4H3. The van der Waals surface area contributed by atoms with E-state index in [2.05, 4.69) is 147 Å². The number of H-pyrrole nitrogens is 1. The summed E-state index contributed by atoms with van der Waals surface area (Å²) in [5, 5.41) is 1.31. The number of hydrogen-bond donors (Lipinski definition) is 1. The fraction of sp³-hybridized carbons (Fsp3) is 0.171. The quantitative estimate of drug-likeness (QED) is 0.224. The Morgan fingerprint density at radius 2 is 1.51 bits per heavy atom. The van der Waals surface area contributed by atoms with E-state index in [1.807, 2.05) is 12.3 Å². The van der Waals surface area contributed by atoms with Crippen LogP contribution in [0, 0.1) is 11.3 Å². The van der Waals surface area contributed by atoms with Crippen molar-refractivity contribution in [3.05, 3.63) is 139 Å². The lowest BCUT2D eigenvalue weighted by molar-refractivity contribution is 0.290. The monoisotopic (exact) mass is 584 g/mol. The van der Waals surface area contributed by atoms with Gasteiger partial charge in [0, 0.05) is 40.8 Å². The van der Waals surface area contributed by atoms with E-state index in [0.717, 1.165) is 51.2 Å². The highest BCUT2D eigenvalue weighted by molar-refractivity contribution is 5.97. The first-order valence-corrected chi connectivity index (χ1v) is 15.7. The molecule has 0 saturated heterocycles. The first-order chi connectivity index (χ1) is 21.8. The van der Waals surface area contributed by atoms with Crippen LogP contribution in [0.5, 0.6) is 0 Å². The molecule has 1 unspecified atom stereocenters. The highest BCUT2D eigenvalue weighted by atomic mass is 15.1. The zero-order valence-corrected chi connectivity index (χ0v) is 26.2. The first kappa shape index (κ1) is 27.3. The van der Waals surface area contributed by atoms with Gasteiger partial charge in [-0.2, -0.15) is 0 Å². The van der Waals surface area contributed by atoms with Gasteiger partial charge < -0.3 is 9.55 Å². The van der Waals surface area contributed by atoms with E-state index in [0.29, 0.717) is 5.92 Å². The number of imidazole rings is 1. The van der Waals surface area contributed by atoms with Crippen molar-refractivity contribution in [3.8, 4) is 33.5 Å². The number of aromatic nitrogens is 4. The molecule has 1 aliphatic carbocycles. The first-order valence-electron chi connectivity index (χ1n) is 15.7. The van der Waals surface area contributed by atoms with Gasteiger partial charge in [-0.3, -0.25) is 4.98 Å². The van der Waals surface area contributed by atoms with Gasteiger partial charge in [0.1, 0.15) is 5.82 Å². The topological polar surface area (TPSA) is 46.5 Å². The molecule has 0 saturated carbocycles. The Balaban J connectivity index is 1.25. The third-order valence-electron chi connectivity index (χ3n) is 9.48. The van der Waals surface area contributed by atoms with Crippen LogP contribution in [0.15, 0.2) is 121 Å². The van der Waals surface area contributed by atoms with Crippen molar-refractivity contribution in [2.24, 2.45) is 18.4 Å². The second kappa shape index (κ2) is 10.4. The molecule has 45 heavy (non-hydrogen) atoms. The molecule has 7 aromatic rings. The Morgan fingerprint density at radius 1 is 0.756 bits per heavy atom. The van der Waals surface area contributed by atoms with E-state index in [-0.39, 0.29) is 5.41 Å². The van der Waals surface area contributed by atoms with Gasteiger partial charge >= 0.3 is 0 Å². The van der Waals surface area contributed by atoms with Gasteiger partial charge in [0.2, 0.25) is 0 Å². The molecule has 3 heterocycles. The minimum atomic E-state index is 0.128. The number of fused-ring (bicyclic) bond motifs is 4. The molecule has 0 radical (unpaired) electrons. The van der Waals surface area contributed by atoms with Crippen LogP contribution in [0.3, 0.4) is 0 Å². The van der Waals surface area contributed by atoms with E-state index in [4.69, 9.17) is 9.97 Å². The maximum absolute atomic E-state index is 5.41. The Bertz CT molecular complexity index is 2240. The maximum atomic E-state index is 5.41. The Kier molecular flexibility index (Phi) is 6.35. The summed E-state index contributed by atoms with van der Waals surface area (Å²) in [4.78, 5) is 13.9. The zero-order chi connectivity index (χ0) is 30.7. The fourth-order valence-electron chi connectivity index (χ4n) is 6.88. The van der Waals surface area contributed by atoms with Crippen molar-refractivity contribution in [2.75, 3.05) is 0 Å². The maximum Gasteiger partial charge on any atom is 0.142 e. The van der Waals surface area contributed by atoms with Crippen molar-refractivity contribution in [2.45, 2.75) is 27.2 Å². The summed E-state index contributed by atoms with van der Waals surface area (Å²) in [6.07, 6.45) is 5.38. The number of nitrogens with one attached hydrogen (secondary N) is 1. The molecule has 3 aromatic heterocycles. The van der Waals surface area contributed by atoms with Crippen molar-refractivity contribution >= 4 is 27.5 Å². The largest absolute Gasteiger partial charge is 0.354 e.